The molecule has 1 fully saturated rings. The maximum Gasteiger partial charge on any atom is 0.0703 e. The van der Waals surface area contributed by atoms with Crippen molar-refractivity contribution in [3.63, 3.8) is 0 Å². The van der Waals surface area contributed by atoms with Gasteiger partial charge in [-0.05, 0) is 25.7 Å². The van der Waals surface area contributed by atoms with E-state index < -0.39 is 0 Å². The summed E-state index contributed by atoms with van der Waals surface area (Å²) in [7, 11) is 3.65. The molecule has 0 radical (unpaired) electrons. The van der Waals surface area contributed by atoms with E-state index in [0.717, 1.165) is 6.42 Å². The molecule has 1 aliphatic rings. The first kappa shape index (κ1) is 11.0. The molecule has 0 amide bonds. The van der Waals surface area contributed by atoms with E-state index in [9.17, 15) is 0 Å². The summed E-state index contributed by atoms with van der Waals surface area (Å²) in [6.07, 6.45) is 7.51. The summed E-state index contributed by atoms with van der Waals surface area (Å²) in [5.74, 6) is 0. The van der Waals surface area contributed by atoms with Crippen LogP contribution in [0.4, 0.5) is 0 Å². The lowest BCUT2D eigenvalue weighted by atomic mass is 9.80. The van der Waals surface area contributed by atoms with Crippen LogP contribution >= 0.6 is 0 Å². The third kappa shape index (κ3) is 2.68. The van der Waals surface area contributed by atoms with Gasteiger partial charge in [-0.3, -0.25) is 0 Å². The zero-order chi connectivity index (χ0) is 9.73. The van der Waals surface area contributed by atoms with Gasteiger partial charge in [0.1, 0.15) is 0 Å². The van der Waals surface area contributed by atoms with Gasteiger partial charge >= 0.3 is 0 Å². The predicted octanol–water partition coefficient (Wildman–Crippen LogP) is 2.76. The SMILES string of the molecule is CCCC1(OC)CCCC(OC)C1. The Kier molecular flexibility index (Phi) is 4.20. The van der Waals surface area contributed by atoms with Gasteiger partial charge in [-0.25, -0.2) is 0 Å². The Balaban J connectivity index is 2.53. The van der Waals surface area contributed by atoms with E-state index in [1.807, 2.05) is 14.2 Å². The van der Waals surface area contributed by atoms with Crippen LogP contribution in [-0.2, 0) is 9.47 Å². The highest BCUT2D eigenvalue weighted by atomic mass is 16.5. The number of rotatable bonds is 4. The summed E-state index contributed by atoms with van der Waals surface area (Å²) in [4.78, 5) is 0. The zero-order valence-electron chi connectivity index (χ0n) is 9.14. The maximum atomic E-state index is 5.67. The molecule has 2 unspecified atom stereocenters. The molecule has 0 N–H and O–H groups in total. The average molecular weight is 186 g/mol. The predicted molar refractivity (Wildman–Crippen MR) is 53.9 cm³/mol. The normalized spacial score (nSPS) is 34.8. The van der Waals surface area contributed by atoms with Crippen LogP contribution in [0.15, 0.2) is 0 Å². The number of hydrogen-bond donors (Lipinski definition) is 0. The van der Waals surface area contributed by atoms with Crippen molar-refractivity contribution in [3.8, 4) is 0 Å². The van der Waals surface area contributed by atoms with Crippen molar-refractivity contribution in [2.75, 3.05) is 14.2 Å². The van der Waals surface area contributed by atoms with Crippen molar-refractivity contribution in [2.24, 2.45) is 0 Å². The van der Waals surface area contributed by atoms with Crippen LogP contribution in [0, 0.1) is 0 Å². The smallest absolute Gasteiger partial charge is 0.0703 e. The lowest BCUT2D eigenvalue weighted by Crippen LogP contribution is -2.39. The second-order valence-electron chi connectivity index (χ2n) is 4.09. The first-order valence-corrected chi connectivity index (χ1v) is 5.34. The highest BCUT2D eigenvalue weighted by molar-refractivity contribution is 4.88. The number of ether oxygens (including phenoxy) is 2. The number of hydrogen-bond acceptors (Lipinski definition) is 2. The molecule has 2 nitrogen and oxygen atoms in total. The fourth-order valence-electron chi connectivity index (χ4n) is 2.44. The fraction of sp³-hybridized carbons (Fsp3) is 1.00. The van der Waals surface area contributed by atoms with Crippen LogP contribution in [0.25, 0.3) is 0 Å². The van der Waals surface area contributed by atoms with Gasteiger partial charge in [-0.2, -0.15) is 0 Å². The van der Waals surface area contributed by atoms with Crippen LogP contribution < -0.4 is 0 Å². The molecule has 2 heteroatoms. The first-order chi connectivity index (χ1) is 6.26. The van der Waals surface area contributed by atoms with Gasteiger partial charge in [0.2, 0.25) is 0 Å². The van der Waals surface area contributed by atoms with E-state index in [-0.39, 0.29) is 5.60 Å². The molecule has 78 valence electrons. The van der Waals surface area contributed by atoms with Crippen LogP contribution in [-0.4, -0.2) is 25.9 Å². The van der Waals surface area contributed by atoms with Gasteiger partial charge in [-0.1, -0.05) is 13.3 Å². The van der Waals surface area contributed by atoms with Crippen molar-refractivity contribution in [3.05, 3.63) is 0 Å². The van der Waals surface area contributed by atoms with Crippen LogP contribution in [0.1, 0.15) is 45.4 Å². The van der Waals surface area contributed by atoms with Crippen molar-refractivity contribution in [1.29, 1.82) is 0 Å². The Hall–Kier alpha value is -0.0800. The average Bonchev–Trinajstić information content (AvgIpc) is 2.19. The lowest BCUT2D eigenvalue weighted by Gasteiger charge is -2.39. The molecule has 13 heavy (non-hydrogen) atoms. The van der Waals surface area contributed by atoms with Crippen LogP contribution in [0.2, 0.25) is 0 Å². The molecule has 1 aliphatic carbocycles. The molecule has 0 aromatic rings. The zero-order valence-corrected chi connectivity index (χ0v) is 9.14. The molecule has 0 saturated heterocycles. The van der Waals surface area contributed by atoms with Crippen molar-refractivity contribution >= 4 is 0 Å². The second-order valence-corrected chi connectivity index (χ2v) is 4.09. The summed E-state index contributed by atoms with van der Waals surface area (Å²) in [5.41, 5.74) is 0.119. The fourth-order valence-corrected chi connectivity index (χ4v) is 2.44. The quantitative estimate of drug-likeness (QED) is 0.672. The molecule has 1 rings (SSSR count). The number of methoxy groups -OCH3 is 2. The van der Waals surface area contributed by atoms with Crippen molar-refractivity contribution < 1.29 is 9.47 Å². The van der Waals surface area contributed by atoms with Gasteiger partial charge in [0.05, 0.1) is 11.7 Å². The molecular weight excluding hydrogens is 164 g/mol. The largest absolute Gasteiger partial charge is 0.381 e. The third-order valence-corrected chi connectivity index (χ3v) is 3.23. The minimum atomic E-state index is 0.119. The Morgan fingerprint density at radius 1 is 1.38 bits per heavy atom. The summed E-state index contributed by atoms with van der Waals surface area (Å²) >= 11 is 0. The molecule has 0 bridgehead atoms. The Bertz CT molecular complexity index is 143. The van der Waals surface area contributed by atoms with E-state index in [1.165, 1.54) is 32.1 Å². The monoisotopic (exact) mass is 186 g/mol. The van der Waals surface area contributed by atoms with Gasteiger partial charge in [0, 0.05) is 20.6 Å². The molecule has 0 aromatic heterocycles. The molecule has 0 aliphatic heterocycles. The minimum absolute atomic E-state index is 0.119. The van der Waals surface area contributed by atoms with E-state index >= 15 is 0 Å². The van der Waals surface area contributed by atoms with Gasteiger partial charge in [0.25, 0.3) is 0 Å². The van der Waals surface area contributed by atoms with E-state index in [4.69, 9.17) is 9.47 Å². The summed E-state index contributed by atoms with van der Waals surface area (Å²) in [6.45, 7) is 2.22. The Labute approximate surface area is 81.6 Å². The molecule has 1 saturated carbocycles. The molecular formula is C11H22O2. The van der Waals surface area contributed by atoms with Crippen LogP contribution in [0.3, 0.4) is 0 Å². The maximum absolute atomic E-state index is 5.67. The summed E-state index contributed by atoms with van der Waals surface area (Å²) < 4.78 is 11.1. The summed E-state index contributed by atoms with van der Waals surface area (Å²) in [6, 6.07) is 0. The highest BCUT2D eigenvalue weighted by Crippen LogP contribution is 2.35. The Morgan fingerprint density at radius 2 is 2.15 bits per heavy atom. The van der Waals surface area contributed by atoms with E-state index in [1.54, 1.807) is 0 Å². The Morgan fingerprint density at radius 3 is 2.69 bits per heavy atom. The minimum Gasteiger partial charge on any atom is -0.381 e. The molecule has 0 spiro atoms. The molecule has 0 heterocycles. The molecule has 2 atom stereocenters. The topological polar surface area (TPSA) is 18.5 Å². The highest BCUT2D eigenvalue weighted by Gasteiger charge is 2.35. The van der Waals surface area contributed by atoms with Gasteiger partial charge < -0.3 is 9.47 Å². The van der Waals surface area contributed by atoms with E-state index in [0.29, 0.717) is 6.10 Å². The molecule has 0 aromatic carbocycles. The standard InChI is InChI=1S/C11H22O2/c1-4-7-11(13-3)8-5-6-10(9-11)12-2/h10H,4-9H2,1-3H3. The van der Waals surface area contributed by atoms with Gasteiger partial charge in [-0.15, -0.1) is 0 Å². The lowest BCUT2D eigenvalue weighted by molar-refractivity contribution is -0.0894. The first-order valence-electron chi connectivity index (χ1n) is 5.34. The van der Waals surface area contributed by atoms with Gasteiger partial charge in [0.15, 0.2) is 0 Å². The van der Waals surface area contributed by atoms with Crippen molar-refractivity contribution in [2.45, 2.75) is 57.2 Å². The third-order valence-electron chi connectivity index (χ3n) is 3.23. The van der Waals surface area contributed by atoms with E-state index in [2.05, 4.69) is 6.92 Å². The summed E-state index contributed by atoms with van der Waals surface area (Å²) in [5, 5.41) is 0. The van der Waals surface area contributed by atoms with Crippen molar-refractivity contribution in [1.82, 2.24) is 0 Å². The van der Waals surface area contributed by atoms with Crippen LogP contribution in [0.5, 0.6) is 0 Å². The second kappa shape index (κ2) is 4.97.